The molecule has 2 heterocycles. The van der Waals surface area contributed by atoms with Crippen molar-refractivity contribution >= 4 is 15.9 Å². The first-order chi connectivity index (χ1) is 9.16. The van der Waals surface area contributed by atoms with Gasteiger partial charge in [0.1, 0.15) is 18.0 Å². The number of hydrogen-bond donors (Lipinski definition) is 1. The zero-order valence-corrected chi connectivity index (χ0v) is 12.1. The van der Waals surface area contributed by atoms with E-state index in [1.807, 2.05) is 0 Å². The van der Waals surface area contributed by atoms with Crippen molar-refractivity contribution in [3.63, 3.8) is 0 Å². The summed E-state index contributed by atoms with van der Waals surface area (Å²) in [4.78, 5) is 2.34. The lowest BCUT2D eigenvalue weighted by molar-refractivity contribution is -0.104. The monoisotopic (exact) mass is 329 g/mol. The molecule has 0 bridgehead atoms. The van der Waals surface area contributed by atoms with Crippen molar-refractivity contribution in [1.82, 2.24) is 4.90 Å². The third-order valence-corrected chi connectivity index (χ3v) is 4.68. The number of halogens is 2. The van der Waals surface area contributed by atoms with Crippen LogP contribution in [0.4, 0.5) is 4.39 Å². The average Bonchev–Trinajstić information content (AvgIpc) is 2.88. The molecule has 19 heavy (non-hydrogen) atoms. The van der Waals surface area contributed by atoms with Crippen LogP contribution in [0.1, 0.15) is 24.5 Å². The first-order valence-corrected chi connectivity index (χ1v) is 7.43. The van der Waals surface area contributed by atoms with E-state index in [9.17, 15) is 9.50 Å². The lowest BCUT2D eigenvalue weighted by atomic mass is 10.0. The maximum absolute atomic E-state index is 14.0. The van der Waals surface area contributed by atoms with Crippen LogP contribution in [0, 0.1) is 5.82 Å². The summed E-state index contributed by atoms with van der Waals surface area (Å²) in [5.74, 6) is -0.401. The summed E-state index contributed by atoms with van der Waals surface area (Å²) < 4.78 is 20.1. The van der Waals surface area contributed by atoms with Crippen LogP contribution in [0.2, 0.25) is 0 Å². The first kappa shape index (κ1) is 13.5. The summed E-state index contributed by atoms with van der Waals surface area (Å²) in [6.07, 6.45) is 1.08. The van der Waals surface area contributed by atoms with Gasteiger partial charge in [0.2, 0.25) is 0 Å². The van der Waals surface area contributed by atoms with E-state index in [0.29, 0.717) is 29.2 Å². The van der Waals surface area contributed by atoms with E-state index in [4.69, 9.17) is 4.74 Å². The molecule has 0 radical (unpaired) electrons. The average molecular weight is 330 g/mol. The minimum Gasteiger partial charge on any atom is -0.386 e. The van der Waals surface area contributed by atoms with Gasteiger partial charge in [-0.25, -0.2) is 4.39 Å². The molecule has 0 aromatic heterocycles. The molecule has 1 aromatic carbocycles. The molecule has 3 nitrogen and oxygen atoms in total. The second-order valence-electron chi connectivity index (χ2n) is 5.25. The minimum atomic E-state index is -0.918. The molecule has 1 N–H and O–H groups in total. The number of nitrogens with zero attached hydrogens (tertiary/aromatic N) is 1. The Bertz CT molecular complexity index is 471. The smallest absolute Gasteiger partial charge is 0.143 e. The zero-order valence-electron chi connectivity index (χ0n) is 10.6. The molecule has 2 aliphatic rings. The molecule has 2 fully saturated rings. The van der Waals surface area contributed by atoms with Gasteiger partial charge in [-0.15, -0.1) is 0 Å². The van der Waals surface area contributed by atoms with E-state index in [2.05, 4.69) is 20.8 Å². The highest BCUT2D eigenvalue weighted by atomic mass is 79.9. The number of benzene rings is 1. The summed E-state index contributed by atoms with van der Waals surface area (Å²) in [5.41, 5.74) is 0.303. The highest BCUT2D eigenvalue weighted by molar-refractivity contribution is 9.10. The third-order valence-electron chi connectivity index (χ3n) is 4.07. The fourth-order valence-corrected chi connectivity index (χ4v) is 3.36. The van der Waals surface area contributed by atoms with Crippen LogP contribution in [0.5, 0.6) is 0 Å². The Hall–Kier alpha value is -0.490. The van der Waals surface area contributed by atoms with Gasteiger partial charge in [-0.3, -0.25) is 4.90 Å². The summed E-state index contributed by atoms with van der Waals surface area (Å²) in [6, 6.07) is 5.46. The van der Waals surface area contributed by atoms with Crippen LogP contribution in [-0.2, 0) is 4.74 Å². The summed E-state index contributed by atoms with van der Waals surface area (Å²) >= 11 is 3.15. The Balaban J connectivity index is 1.76. The largest absolute Gasteiger partial charge is 0.386 e. The van der Waals surface area contributed by atoms with Crippen molar-refractivity contribution < 1.29 is 14.2 Å². The van der Waals surface area contributed by atoms with Gasteiger partial charge in [0, 0.05) is 18.2 Å². The molecule has 0 aliphatic carbocycles. The zero-order chi connectivity index (χ0) is 13.4. The SMILES string of the molecule is OC(c1cccc(Br)c1F)C1CN2CCCC2CO1. The molecule has 0 spiro atoms. The van der Waals surface area contributed by atoms with Crippen molar-refractivity contribution in [2.24, 2.45) is 0 Å². The number of aliphatic hydroxyl groups is 1. The number of rotatable bonds is 2. The Labute approximate surface area is 120 Å². The van der Waals surface area contributed by atoms with Crippen LogP contribution >= 0.6 is 15.9 Å². The molecule has 3 atom stereocenters. The number of morpholine rings is 1. The third kappa shape index (κ3) is 2.57. The summed E-state index contributed by atoms with van der Waals surface area (Å²) in [5, 5.41) is 10.4. The Kier molecular flexibility index (Phi) is 3.89. The predicted molar refractivity (Wildman–Crippen MR) is 73.4 cm³/mol. The predicted octanol–water partition coefficient (Wildman–Crippen LogP) is 2.48. The second kappa shape index (κ2) is 5.48. The molecule has 3 unspecified atom stereocenters. The molecule has 2 aliphatic heterocycles. The molecule has 1 aromatic rings. The van der Waals surface area contributed by atoms with Gasteiger partial charge < -0.3 is 9.84 Å². The fourth-order valence-electron chi connectivity index (χ4n) is 2.98. The number of ether oxygens (including phenoxy) is 1. The Morgan fingerprint density at radius 3 is 3.16 bits per heavy atom. The maximum atomic E-state index is 14.0. The first-order valence-electron chi connectivity index (χ1n) is 6.64. The Morgan fingerprint density at radius 2 is 2.32 bits per heavy atom. The van der Waals surface area contributed by atoms with Crippen molar-refractivity contribution in [3.8, 4) is 0 Å². The summed E-state index contributed by atoms with van der Waals surface area (Å²) in [7, 11) is 0. The van der Waals surface area contributed by atoms with E-state index in [1.165, 1.54) is 6.42 Å². The Morgan fingerprint density at radius 1 is 1.47 bits per heavy atom. The van der Waals surface area contributed by atoms with E-state index < -0.39 is 11.9 Å². The van der Waals surface area contributed by atoms with E-state index >= 15 is 0 Å². The molecule has 5 heteroatoms. The number of aliphatic hydroxyl groups excluding tert-OH is 1. The number of hydrogen-bond acceptors (Lipinski definition) is 3. The van der Waals surface area contributed by atoms with Crippen LogP contribution in [-0.4, -0.2) is 41.8 Å². The van der Waals surface area contributed by atoms with Gasteiger partial charge in [-0.2, -0.15) is 0 Å². The van der Waals surface area contributed by atoms with Crippen molar-refractivity contribution in [1.29, 1.82) is 0 Å². The van der Waals surface area contributed by atoms with Crippen LogP contribution in [0.25, 0.3) is 0 Å². The molecule has 0 amide bonds. The van der Waals surface area contributed by atoms with Crippen molar-refractivity contribution in [2.45, 2.75) is 31.1 Å². The summed E-state index contributed by atoms with van der Waals surface area (Å²) in [6.45, 7) is 2.37. The van der Waals surface area contributed by atoms with Crippen molar-refractivity contribution in [3.05, 3.63) is 34.1 Å². The van der Waals surface area contributed by atoms with Gasteiger partial charge in [-0.05, 0) is 41.4 Å². The standard InChI is InChI=1S/C14H17BrFNO2/c15-11-5-1-4-10(13(11)16)14(18)12-7-17-6-2-3-9(17)8-19-12/h1,4-5,9,12,14,18H,2-3,6-8H2. The van der Waals surface area contributed by atoms with Crippen LogP contribution in [0.3, 0.4) is 0 Å². The normalized spacial score (nSPS) is 29.2. The van der Waals surface area contributed by atoms with E-state index in [-0.39, 0.29) is 6.10 Å². The van der Waals surface area contributed by atoms with E-state index in [0.717, 1.165) is 13.0 Å². The molecule has 2 saturated heterocycles. The quantitative estimate of drug-likeness (QED) is 0.904. The maximum Gasteiger partial charge on any atom is 0.143 e. The van der Waals surface area contributed by atoms with E-state index in [1.54, 1.807) is 18.2 Å². The lowest BCUT2D eigenvalue weighted by Gasteiger charge is -2.37. The molecule has 104 valence electrons. The lowest BCUT2D eigenvalue weighted by Crippen LogP contribution is -2.48. The highest BCUT2D eigenvalue weighted by Crippen LogP contribution is 2.31. The van der Waals surface area contributed by atoms with Gasteiger partial charge in [0.05, 0.1) is 11.1 Å². The van der Waals surface area contributed by atoms with Gasteiger partial charge in [0.25, 0.3) is 0 Å². The second-order valence-corrected chi connectivity index (χ2v) is 6.10. The van der Waals surface area contributed by atoms with Crippen molar-refractivity contribution in [2.75, 3.05) is 19.7 Å². The molecular weight excluding hydrogens is 313 g/mol. The van der Waals surface area contributed by atoms with Gasteiger partial charge in [0.15, 0.2) is 0 Å². The fraction of sp³-hybridized carbons (Fsp3) is 0.571. The van der Waals surface area contributed by atoms with Crippen LogP contribution in [0.15, 0.2) is 22.7 Å². The van der Waals surface area contributed by atoms with Gasteiger partial charge in [-0.1, -0.05) is 12.1 Å². The molecule has 3 rings (SSSR count). The number of fused-ring (bicyclic) bond motifs is 1. The molecular formula is C14H17BrFNO2. The highest BCUT2D eigenvalue weighted by Gasteiger charge is 2.36. The minimum absolute atomic E-state index is 0.303. The topological polar surface area (TPSA) is 32.7 Å². The van der Waals surface area contributed by atoms with Gasteiger partial charge >= 0.3 is 0 Å². The molecule has 0 saturated carbocycles. The van der Waals surface area contributed by atoms with Crippen LogP contribution < -0.4 is 0 Å².